The first-order valence-corrected chi connectivity index (χ1v) is 7.21. The Morgan fingerprint density at radius 3 is 3.10 bits per heavy atom. The number of piperidine rings is 1. The van der Waals surface area contributed by atoms with Crippen molar-refractivity contribution in [3.8, 4) is 0 Å². The molecule has 1 saturated heterocycles. The van der Waals surface area contributed by atoms with Crippen LogP contribution in [0.5, 0.6) is 0 Å². The lowest BCUT2D eigenvalue weighted by atomic mass is 10.1. The van der Waals surface area contributed by atoms with Gasteiger partial charge in [0.15, 0.2) is 0 Å². The molecule has 1 aromatic heterocycles. The van der Waals surface area contributed by atoms with Gasteiger partial charge < -0.3 is 15.0 Å². The minimum atomic E-state index is -0.439. The second-order valence-electron chi connectivity index (χ2n) is 4.99. The molecule has 0 saturated carbocycles. The fourth-order valence-corrected chi connectivity index (χ4v) is 2.40. The fraction of sp³-hybridized carbons (Fsp3) is 0.692. The van der Waals surface area contributed by atoms with Gasteiger partial charge in [0, 0.05) is 26.7 Å². The lowest BCUT2D eigenvalue weighted by Crippen LogP contribution is -2.40. The number of anilines is 2. The van der Waals surface area contributed by atoms with Crippen LogP contribution in [0.1, 0.15) is 26.2 Å². The summed E-state index contributed by atoms with van der Waals surface area (Å²) in [4.78, 5) is 20.8. The first-order valence-electron chi connectivity index (χ1n) is 7.21. The van der Waals surface area contributed by atoms with Gasteiger partial charge in [-0.1, -0.05) is 6.92 Å². The smallest absolute Gasteiger partial charge is 0.329 e. The number of hydrogen-bond donors (Lipinski definition) is 1. The Balaban J connectivity index is 2.20. The van der Waals surface area contributed by atoms with E-state index in [1.165, 1.54) is 6.20 Å². The maximum atomic E-state index is 11.2. The van der Waals surface area contributed by atoms with Crippen LogP contribution in [-0.4, -0.2) is 47.7 Å². The summed E-state index contributed by atoms with van der Waals surface area (Å²) in [6.07, 6.45) is 4.24. The molecule has 0 aromatic carbocycles. The van der Waals surface area contributed by atoms with E-state index in [0.717, 1.165) is 25.8 Å². The maximum absolute atomic E-state index is 11.2. The molecule has 1 aromatic rings. The molecule has 1 atom stereocenters. The van der Waals surface area contributed by atoms with Gasteiger partial charge in [0.05, 0.1) is 11.0 Å². The Labute approximate surface area is 123 Å². The molecule has 1 aliphatic heterocycles. The quantitative estimate of drug-likeness (QED) is 0.632. The number of hydrogen-bond acceptors (Lipinski definition) is 7. The van der Waals surface area contributed by atoms with Crippen molar-refractivity contribution in [1.29, 1.82) is 0 Å². The number of nitrogens with zero attached hydrogens (tertiary/aromatic N) is 4. The van der Waals surface area contributed by atoms with Gasteiger partial charge in [0.1, 0.15) is 6.20 Å². The van der Waals surface area contributed by atoms with E-state index in [9.17, 15) is 10.1 Å². The molecule has 1 aliphatic rings. The molecular formula is C13H21N5O3. The SMILES string of the molecule is CCCOC1CCCN(c2nc(NC)ncc2[N+](=O)[O-])C1. The van der Waals surface area contributed by atoms with Crippen molar-refractivity contribution in [2.24, 2.45) is 0 Å². The average molecular weight is 295 g/mol. The third-order valence-electron chi connectivity index (χ3n) is 3.41. The molecule has 8 nitrogen and oxygen atoms in total. The second kappa shape index (κ2) is 7.16. The molecule has 0 radical (unpaired) electrons. The Kier molecular flexibility index (Phi) is 5.26. The third-order valence-corrected chi connectivity index (χ3v) is 3.41. The summed E-state index contributed by atoms with van der Waals surface area (Å²) in [7, 11) is 1.69. The molecular weight excluding hydrogens is 274 g/mol. The number of nitro groups is 1. The van der Waals surface area contributed by atoms with Gasteiger partial charge in [0.25, 0.3) is 0 Å². The Hall–Kier alpha value is -1.96. The molecule has 8 heteroatoms. The van der Waals surface area contributed by atoms with Gasteiger partial charge in [-0.05, 0) is 19.3 Å². The first-order chi connectivity index (χ1) is 10.2. The Morgan fingerprint density at radius 1 is 1.62 bits per heavy atom. The highest BCUT2D eigenvalue weighted by Gasteiger charge is 2.28. The van der Waals surface area contributed by atoms with Crippen molar-refractivity contribution in [2.45, 2.75) is 32.3 Å². The van der Waals surface area contributed by atoms with Crippen LogP contribution < -0.4 is 10.2 Å². The highest BCUT2D eigenvalue weighted by Crippen LogP contribution is 2.29. The van der Waals surface area contributed by atoms with Crippen molar-refractivity contribution >= 4 is 17.5 Å². The van der Waals surface area contributed by atoms with E-state index in [2.05, 4.69) is 22.2 Å². The third kappa shape index (κ3) is 3.78. The topological polar surface area (TPSA) is 93.4 Å². The maximum Gasteiger partial charge on any atom is 0.329 e. The molecule has 2 rings (SSSR count). The summed E-state index contributed by atoms with van der Waals surface area (Å²) in [5.74, 6) is 0.747. The summed E-state index contributed by atoms with van der Waals surface area (Å²) >= 11 is 0. The van der Waals surface area contributed by atoms with Crippen molar-refractivity contribution < 1.29 is 9.66 Å². The largest absolute Gasteiger partial charge is 0.376 e. The van der Waals surface area contributed by atoms with Gasteiger partial charge in [0.2, 0.25) is 11.8 Å². The Morgan fingerprint density at radius 2 is 2.43 bits per heavy atom. The molecule has 0 aliphatic carbocycles. The minimum Gasteiger partial charge on any atom is -0.376 e. The highest BCUT2D eigenvalue weighted by molar-refractivity contribution is 5.59. The van der Waals surface area contributed by atoms with Crippen LogP contribution in [0.4, 0.5) is 17.5 Å². The Bertz CT molecular complexity index is 497. The van der Waals surface area contributed by atoms with Crippen LogP contribution >= 0.6 is 0 Å². The van der Waals surface area contributed by atoms with E-state index in [0.29, 0.717) is 24.9 Å². The standard InChI is InChI=1S/C13H21N5O3/c1-3-7-21-10-5-4-6-17(9-10)12-11(18(19)20)8-15-13(14-2)16-12/h8,10H,3-7,9H2,1-2H3,(H,14,15,16). The predicted octanol–water partition coefficient (Wildman–Crippen LogP) is 1.82. The minimum absolute atomic E-state index is 0.0647. The zero-order valence-corrected chi connectivity index (χ0v) is 12.4. The van der Waals surface area contributed by atoms with Crippen LogP contribution in [-0.2, 0) is 4.74 Å². The predicted molar refractivity (Wildman–Crippen MR) is 79.7 cm³/mol. The second-order valence-corrected chi connectivity index (χ2v) is 4.99. The molecule has 0 bridgehead atoms. The van der Waals surface area contributed by atoms with Crippen LogP contribution in [0, 0.1) is 10.1 Å². The first kappa shape index (κ1) is 15.4. The zero-order chi connectivity index (χ0) is 15.2. The molecule has 116 valence electrons. The van der Waals surface area contributed by atoms with Crippen LogP contribution in [0.2, 0.25) is 0 Å². The molecule has 0 spiro atoms. The van der Waals surface area contributed by atoms with E-state index in [4.69, 9.17) is 4.74 Å². The van der Waals surface area contributed by atoms with Crippen molar-refractivity contribution in [1.82, 2.24) is 9.97 Å². The molecule has 1 N–H and O–H groups in total. The lowest BCUT2D eigenvalue weighted by Gasteiger charge is -2.33. The average Bonchev–Trinajstić information content (AvgIpc) is 2.52. The summed E-state index contributed by atoms with van der Waals surface area (Å²) in [6, 6.07) is 0. The fourth-order valence-electron chi connectivity index (χ4n) is 2.40. The van der Waals surface area contributed by atoms with Gasteiger partial charge in [-0.25, -0.2) is 4.98 Å². The van der Waals surface area contributed by atoms with Crippen molar-refractivity contribution in [3.05, 3.63) is 16.3 Å². The van der Waals surface area contributed by atoms with E-state index in [1.54, 1.807) is 7.05 Å². The van der Waals surface area contributed by atoms with Gasteiger partial charge in [-0.2, -0.15) is 4.98 Å². The molecule has 21 heavy (non-hydrogen) atoms. The number of aromatic nitrogens is 2. The normalized spacial score (nSPS) is 18.6. The molecule has 1 unspecified atom stereocenters. The summed E-state index contributed by atoms with van der Waals surface area (Å²) in [5, 5.41) is 14.0. The summed E-state index contributed by atoms with van der Waals surface area (Å²) in [6.45, 7) is 4.15. The molecule has 0 amide bonds. The van der Waals surface area contributed by atoms with Crippen molar-refractivity contribution in [3.63, 3.8) is 0 Å². The van der Waals surface area contributed by atoms with E-state index in [1.807, 2.05) is 4.90 Å². The molecule has 2 heterocycles. The van der Waals surface area contributed by atoms with Gasteiger partial charge in [-0.3, -0.25) is 10.1 Å². The summed E-state index contributed by atoms with van der Waals surface area (Å²) < 4.78 is 5.77. The van der Waals surface area contributed by atoms with Crippen LogP contribution in [0.25, 0.3) is 0 Å². The van der Waals surface area contributed by atoms with Gasteiger partial charge in [-0.15, -0.1) is 0 Å². The van der Waals surface area contributed by atoms with Crippen molar-refractivity contribution in [2.75, 3.05) is 37.0 Å². The van der Waals surface area contributed by atoms with E-state index >= 15 is 0 Å². The lowest BCUT2D eigenvalue weighted by molar-refractivity contribution is -0.384. The zero-order valence-electron chi connectivity index (χ0n) is 12.4. The van der Waals surface area contributed by atoms with Crippen LogP contribution in [0.3, 0.4) is 0 Å². The number of ether oxygens (including phenoxy) is 1. The number of nitrogens with one attached hydrogen (secondary N) is 1. The van der Waals surface area contributed by atoms with E-state index < -0.39 is 4.92 Å². The highest BCUT2D eigenvalue weighted by atomic mass is 16.6. The van der Waals surface area contributed by atoms with Gasteiger partial charge >= 0.3 is 5.69 Å². The molecule has 1 fully saturated rings. The monoisotopic (exact) mass is 295 g/mol. The van der Waals surface area contributed by atoms with Crippen LogP contribution in [0.15, 0.2) is 6.20 Å². The van der Waals surface area contributed by atoms with E-state index in [-0.39, 0.29) is 11.8 Å². The summed E-state index contributed by atoms with van der Waals surface area (Å²) in [5.41, 5.74) is -0.0647. The number of rotatable bonds is 6.